The van der Waals surface area contributed by atoms with Gasteiger partial charge < -0.3 is 15.1 Å². The van der Waals surface area contributed by atoms with E-state index < -0.39 is 0 Å². The first-order valence-corrected chi connectivity index (χ1v) is 8.70. The van der Waals surface area contributed by atoms with Crippen molar-refractivity contribution in [1.82, 2.24) is 10.3 Å². The maximum absolute atomic E-state index is 12.4. The molecule has 2 amide bonds. The lowest BCUT2D eigenvalue weighted by atomic mass is 10.1. The van der Waals surface area contributed by atoms with Gasteiger partial charge in [-0.15, -0.1) is 0 Å². The summed E-state index contributed by atoms with van der Waals surface area (Å²) in [7, 11) is 0. The molecule has 1 heterocycles. The summed E-state index contributed by atoms with van der Waals surface area (Å²) in [6.07, 6.45) is 0.530. The molecule has 0 aliphatic rings. The van der Waals surface area contributed by atoms with E-state index in [-0.39, 0.29) is 11.8 Å². The van der Waals surface area contributed by atoms with Crippen molar-refractivity contribution in [2.24, 2.45) is 0 Å². The van der Waals surface area contributed by atoms with E-state index in [1.807, 2.05) is 37.3 Å². The Morgan fingerprint density at radius 3 is 2.59 bits per heavy atom. The molecule has 2 N–H and O–H groups in total. The van der Waals surface area contributed by atoms with Gasteiger partial charge in [0.25, 0.3) is 5.91 Å². The summed E-state index contributed by atoms with van der Waals surface area (Å²) in [4.78, 5) is 28.0. The van der Waals surface area contributed by atoms with Crippen molar-refractivity contribution in [2.75, 3.05) is 11.9 Å². The smallest absolute Gasteiger partial charge is 0.251 e. The Morgan fingerprint density at radius 2 is 1.85 bits per heavy atom. The zero-order valence-electron chi connectivity index (χ0n) is 15.3. The lowest BCUT2D eigenvalue weighted by Crippen LogP contribution is -2.25. The van der Waals surface area contributed by atoms with E-state index in [4.69, 9.17) is 4.42 Å². The van der Waals surface area contributed by atoms with Crippen molar-refractivity contribution in [3.63, 3.8) is 0 Å². The van der Waals surface area contributed by atoms with Crippen LogP contribution in [0.3, 0.4) is 0 Å². The third-order valence-corrected chi connectivity index (χ3v) is 3.93. The monoisotopic (exact) mass is 363 g/mol. The van der Waals surface area contributed by atoms with Crippen LogP contribution < -0.4 is 10.6 Å². The molecule has 1 aromatic heterocycles. The number of amides is 2. The summed E-state index contributed by atoms with van der Waals surface area (Å²) in [6.45, 7) is 3.65. The summed E-state index contributed by atoms with van der Waals surface area (Å²) in [6, 6.07) is 16.6. The zero-order chi connectivity index (χ0) is 19.2. The third kappa shape index (κ3) is 4.82. The molecule has 0 saturated carbocycles. The largest absolute Gasteiger partial charge is 0.445 e. The van der Waals surface area contributed by atoms with Crippen molar-refractivity contribution in [2.45, 2.75) is 20.3 Å². The number of carbonyl (C=O) groups is 2. The van der Waals surface area contributed by atoms with Crippen LogP contribution in [0.15, 0.2) is 59.0 Å². The number of carbonyl (C=O) groups excluding carboxylic acids is 2. The van der Waals surface area contributed by atoms with Crippen molar-refractivity contribution < 1.29 is 14.0 Å². The van der Waals surface area contributed by atoms with Gasteiger partial charge in [0.05, 0.1) is 0 Å². The molecule has 6 heteroatoms. The predicted octanol–water partition coefficient (Wildman–Crippen LogP) is 3.58. The Kier molecular flexibility index (Phi) is 5.66. The maximum atomic E-state index is 12.4. The Balaban J connectivity index is 1.64. The molecule has 3 aromatic rings. The Labute approximate surface area is 157 Å². The average molecular weight is 363 g/mol. The van der Waals surface area contributed by atoms with Crippen molar-refractivity contribution in [3.8, 4) is 11.3 Å². The molecule has 0 fully saturated rings. The highest BCUT2D eigenvalue weighted by Gasteiger charge is 2.13. The van der Waals surface area contributed by atoms with Gasteiger partial charge in [-0.25, -0.2) is 4.98 Å². The molecular weight excluding hydrogens is 342 g/mol. The molecule has 0 unspecified atom stereocenters. The molecule has 0 aliphatic heterocycles. The van der Waals surface area contributed by atoms with Crippen molar-refractivity contribution >= 4 is 17.5 Å². The molecule has 0 saturated heterocycles. The van der Waals surface area contributed by atoms with Crippen LogP contribution in [0, 0.1) is 6.92 Å². The van der Waals surface area contributed by atoms with Gasteiger partial charge in [0.2, 0.25) is 5.91 Å². The van der Waals surface area contributed by atoms with Gasteiger partial charge in [0.1, 0.15) is 11.5 Å². The van der Waals surface area contributed by atoms with E-state index in [9.17, 15) is 9.59 Å². The molecule has 0 atom stereocenters. The first-order chi connectivity index (χ1) is 13.0. The maximum Gasteiger partial charge on any atom is 0.251 e. The quantitative estimate of drug-likeness (QED) is 0.701. The van der Waals surface area contributed by atoms with E-state index in [0.29, 0.717) is 30.1 Å². The zero-order valence-corrected chi connectivity index (χ0v) is 15.3. The topological polar surface area (TPSA) is 84.2 Å². The van der Waals surface area contributed by atoms with Gasteiger partial charge in [-0.05, 0) is 18.2 Å². The second-order valence-corrected chi connectivity index (χ2v) is 6.14. The van der Waals surface area contributed by atoms with Crippen LogP contribution in [-0.4, -0.2) is 23.3 Å². The molecule has 6 nitrogen and oxygen atoms in total. The van der Waals surface area contributed by atoms with Gasteiger partial charge >= 0.3 is 0 Å². The molecule has 0 bridgehead atoms. The summed E-state index contributed by atoms with van der Waals surface area (Å²) in [5.41, 5.74) is 2.86. The van der Waals surface area contributed by atoms with E-state index in [2.05, 4.69) is 15.6 Å². The number of rotatable bonds is 6. The second kappa shape index (κ2) is 8.31. The van der Waals surface area contributed by atoms with Gasteiger partial charge in [-0.1, -0.05) is 36.4 Å². The lowest BCUT2D eigenvalue weighted by molar-refractivity contribution is -0.114. The number of anilines is 1. The number of hydrogen-bond acceptors (Lipinski definition) is 4. The first kappa shape index (κ1) is 18.4. The minimum absolute atomic E-state index is 0.179. The number of nitrogens with zero attached hydrogens (tertiary/aromatic N) is 1. The van der Waals surface area contributed by atoms with E-state index in [1.54, 1.807) is 24.3 Å². The second-order valence-electron chi connectivity index (χ2n) is 6.14. The van der Waals surface area contributed by atoms with Gasteiger partial charge in [-0.3, -0.25) is 9.59 Å². The van der Waals surface area contributed by atoms with Gasteiger partial charge in [-0.2, -0.15) is 0 Å². The molecule has 2 aromatic carbocycles. The highest BCUT2D eigenvalue weighted by atomic mass is 16.4. The predicted molar refractivity (Wildman–Crippen MR) is 103 cm³/mol. The fourth-order valence-corrected chi connectivity index (χ4v) is 2.79. The lowest BCUT2D eigenvalue weighted by Gasteiger charge is -2.07. The van der Waals surface area contributed by atoms with Gasteiger partial charge in [0, 0.05) is 43.6 Å². The number of hydrogen-bond donors (Lipinski definition) is 2. The molecule has 27 heavy (non-hydrogen) atoms. The Hall–Kier alpha value is -3.41. The Bertz CT molecular complexity index is 948. The van der Waals surface area contributed by atoms with Crippen LogP contribution in [0.4, 0.5) is 5.69 Å². The molecule has 138 valence electrons. The fourth-order valence-electron chi connectivity index (χ4n) is 2.79. The number of aromatic nitrogens is 1. The molecule has 0 radical (unpaired) electrons. The third-order valence-electron chi connectivity index (χ3n) is 3.93. The van der Waals surface area contributed by atoms with Crippen LogP contribution in [0.5, 0.6) is 0 Å². The van der Waals surface area contributed by atoms with E-state index >= 15 is 0 Å². The summed E-state index contributed by atoms with van der Waals surface area (Å²) in [5, 5.41) is 5.54. The summed E-state index contributed by atoms with van der Waals surface area (Å²) in [5.74, 6) is 0.950. The minimum atomic E-state index is -0.209. The normalized spacial score (nSPS) is 10.4. The number of nitrogens with one attached hydrogen (secondary N) is 2. The summed E-state index contributed by atoms with van der Waals surface area (Å²) >= 11 is 0. The number of benzene rings is 2. The minimum Gasteiger partial charge on any atom is -0.445 e. The van der Waals surface area contributed by atoms with Crippen LogP contribution in [-0.2, 0) is 11.2 Å². The van der Waals surface area contributed by atoms with E-state index in [1.165, 1.54) is 6.92 Å². The van der Waals surface area contributed by atoms with Crippen LogP contribution in [0.25, 0.3) is 11.3 Å². The fraction of sp³-hybridized carbons (Fsp3) is 0.190. The SMILES string of the molecule is CC(=O)Nc1cccc(C(=O)NCCc2oc(C)nc2-c2ccccc2)c1. The van der Waals surface area contributed by atoms with E-state index in [0.717, 1.165) is 17.0 Å². The molecule has 0 spiro atoms. The summed E-state index contributed by atoms with van der Waals surface area (Å²) < 4.78 is 5.71. The molecular formula is C21H21N3O3. The van der Waals surface area contributed by atoms with Crippen molar-refractivity contribution in [1.29, 1.82) is 0 Å². The highest BCUT2D eigenvalue weighted by molar-refractivity contribution is 5.96. The van der Waals surface area contributed by atoms with Crippen LogP contribution in [0.1, 0.15) is 28.9 Å². The van der Waals surface area contributed by atoms with Crippen molar-refractivity contribution in [3.05, 3.63) is 71.8 Å². The standard InChI is InChI=1S/C21H21N3O3/c1-14(25)23-18-10-6-9-17(13-18)21(26)22-12-11-19-20(24-15(2)27-19)16-7-4-3-5-8-16/h3-10,13H,11-12H2,1-2H3,(H,22,26)(H,23,25). The molecule has 0 aliphatic carbocycles. The number of oxazole rings is 1. The first-order valence-electron chi connectivity index (χ1n) is 8.70. The van der Waals surface area contributed by atoms with Crippen LogP contribution >= 0.6 is 0 Å². The van der Waals surface area contributed by atoms with Gasteiger partial charge in [0.15, 0.2) is 5.89 Å². The molecule has 3 rings (SSSR count). The highest BCUT2D eigenvalue weighted by Crippen LogP contribution is 2.23. The van der Waals surface area contributed by atoms with Crippen LogP contribution in [0.2, 0.25) is 0 Å². The Morgan fingerprint density at radius 1 is 1.07 bits per heavy atom. The number of aryl methyl sites for hydroxylation is 1. The average Bonchev–Trinajstić information content (AvgIpc) is 3.02.